The van der Waals surface area contributed by atoms with Gasteiger partial charge >= 0.3 is 290 Å². The first-order chi connectivity index (χ1) is 32.4. The molecular weight excluding hydrogens is 944 g/mol. The van der Waals surface area contributed by atoms with Gasteiger partial charge in [0.2, 0.25) is 0 Å². The molecule has 1 aliphatic carbocycles. The van der Waals surface area contributed by atoms with Crippen molar-refractivity contribution in [3.05, 3.63) is 193 Å². The Labute approximate surface area is 405 Å². The molecule has 0 bridgehead atoms. The van der Waals surface area contributed by atoms with E-state index < -0.39 is 0 Å². The van der Waals surface area contributed by atoms with E-state index >= 15 is 0 Å². The van der Waals surface area contributed by atoms with Crippen molar-refractivity contribution in [1.82, 2.24) is 0 Å². The maximum atomic E-state index is 11.7. The Morgan fingerprint density at radius 3 is 2.06 bits per heavy atom. The van der Waals surface area contributed by atoms with Crippen LogP contribution < -0.4 is 30.8 Å². The summed E-state index contributed by atoms with van der Waals surface area (Å²) in [6.45, 7) is 14.4. The molecule has 7 nitrogen and oxygen atoms in total. The zero-order valence-corrected chi connectivity index (χ0v) is 41.6. The van der Waals surface area contributed by atoms with Gasteiger partial charge < -0.3 is 9.47 Å². The molecule has 6 aromatic carbocycles. The van der Waals surface area contributed by atoms with Crippen LogP contribution in [0.2, 0.25) is 0 Å². The van der Waals surface area contributed by atoms with E-state index in [1.54, 1.807) is 0 Å². The molecule has 6 aromatic rings. The normalized spacial score (nSPS) is 17.4. The molecule has 0 fully saturated rings. The van der Waals surface area contributed by atoms with Crippen molar-refractivity contribution in [3.63, 3.8) is 0 Å². The van der Waals surface area contributed by atoms with Crippen LogP contribution in [0.4, 0.5) is 11.4 Å². The molecule has 67 heavy (non-hydrogen) atoms. The van der Waals surface area contributed by atoms with Crippen molar-refractivity contribution < 1.29 is 49.6 Å². The summed E-state index contributed by atoms with van der Waals surface area (Å²) in [5, 5.41) is 4.95. The average Bonchev–Trinajstić information content (AvgIpc) is 3.87. The SMILES string of the molecule is CC(=O)OCCCN1/C(=C/C=C2\CCC(/C=C/C3=[N+](CCCOC(C)=O)c4ccc5ccccc5c4C3(C)C)=C2Oc2cccc([I-]c3ccccc3)c2)C(C)(C)c2c1ccc1ccccc21. The predicted molar refractivity (Wildman–Crippen MR) is 266 cm³/mol. The fraction of sp³-hybridized carbons (Fsp3) is 0.271. The van der Waals surface area contributed by atoms with Crippen molar-refractivity contribution in [3.8, 4) is 5.75 Å². The van der Waals surface area contributed by atoms with Crippen LogP contribution in [-0.4, -0.2) is 48.5 Å². The summed E-state index contributed by atoms with van der Waals surface area (Å²) >= 11 is -0.387. The summed E-state index contributed by atoms with van der Waals surface area (Å²) in [5.41, 5.74) is 9.09. The van der Waals surface area contributed by atoms with Gasteiger partial charge in [-0.2, -0.15) is 0 Å². The van der Waals surface area contributed by atoms with E-state index in [9.17, 15) is 9.59 Å². The number of hydrogen-bond acceptors (Lipinski definition) is 6. The molecule has 8 heteroatoms. The van der Waals surface area contributed by atoms with E-state index in [4.69, 9.17) is 14.2 Å². The first-order valence-corrected chi connectivity index (χ1v) is 25.6. The fourth-order valence-electron chi connectivity index (χ4n) is 10.3. The molecular formula is C59H59IN2O5. The molecule has 0 saturated heterocycles. The monoisotopic (exact) mass is 1000 g/mol. The van der Waals surface area contributed by atoms with Crippen LogP contribution >= 0.6 is 0 Å². The van der Waals surface area contributed by atoms with Crippen molar-refractivity contribution in [2.24, 2.45) is 0 Å². The van der Waals surface area contributed by atoms with Gasteiger partial charge in [0.1, 0.15) is 0 Å². The van der Waals surface area contributed by atoms with E-state index in [0.29, 0.717) is 39.1 Å². The van der Waals surface area contributed by atoms with Gasteiger partial charge in [0, 0.05) is 13.8 Å². The van der Waals surface area contributed by atoms with Gasteiger partial charge in [0.15, 0.2) is 0 Å². The second-order valence-corrected chi connectivity index (χ2v) is 21.6. The number of allylic oxidation sites excluding steroid dienone is 7. The smallest absolute Gasteiger partial charge is 0.0616 e. The van der Waals surface area contributed by atoms with Crippen molar-refractivity contribution >= 4 is 50.6 Å². The fourth-order valence-corrected chi connectivity index (χ4v) is 12.6. The molecule has 0 aromatic heterocycles. The van der Waals surface area contributed by atoms with Crippen LogP contribution in [0.25, 0.3) is 21.5 Å². The number of carbonyl (C=O) groups excluding carboxylic acids is 2. The molecule has 9 rings (SSSR count). The van der Waals surface area contributed by atoms with E-state index in [0.717, 1.165) is 35.5 Å². The number of esters is 2. The summed E-state index contributed by atoms with van der Waals surface area (Å²) in [6, 6.07) is 45.6. The number of anilines is 1. The minimum absolute atomic E-state index is 0.258. The number of halogens is 1. The van der Waals surface area contributed by atoms with Crippen LogP contribution in [0.1, 0.15) is 78.4 Å². The summed E-state index contributed by atoms with van der Waals surface area (Å²) in [6.07, 6.45) is 12.3. The molecule has 0 N–H and O–H groups in total. The summed E-state index contributed by atoms with van der Waals surface area (Å²) in [5.74, 6) is 1.21. The predicted octanol–water partition coefficient (Wildman–Crippen LogP) is 9.70. The van der Waals surface area contributed by atoms with Crippen LogP contribution in [0.15, 0.2) is 174 Å². The topological polar surface area (TPSA) is 68.1 Å². The molecule has 3 aliphatic rings. The van der Waals surface area contributed by atoms with E-state index in [2.05, 4.69) is 189 Å². The third-order valence-electron chi connectivity index (χ3n) is 13.3. The van der Waals surface area contributed by atoms with Crippen LogP contribution in [0.3, 0.4) is 0 Å². The van der Waals surface area contributed by atoms with Gasteiger partial charge in [0.05, 0.1) is 13.2 Å². The van der Waals surface area contributed by atoms with Crippen molar-refractivity contribution in [2.45, 2.75) is 78.1 Å². The van der Waals surface area contributed by atoms with Crippen LogP contribution in [0, 0.1) is 7.14 Å². The van der Waals surface area contributed by atoms with Gasteiger partial charge in [-0.05, 0) is 16.8 Å². The molecule has 0 spiro atoms. The molecule has 342 valence electrons. The number of rotatable bonds is 15. The van der Waals surface area contributed by atoms with E-state index in [1.807, 2.05) is 0 Å². The van der Waals surface area contributed by atoms with Gasteiger partial charge in [-0.15, -0.1) is 0 Å². The Balaban J connectivity index is 1.13. The summed E-state index contributed by atoms with van der Waals surface area (Å²) in [4.78, 5) is 25.9. The van der Waals surface area contributed by atoms with Crippen molar-refractivity contribution in [2.75, 3.05) is 31.2 Å². The van der Waals surface area contributed by atoms with E-state index in [-0.39, 0.29) is 44.0 Å². The molecule has 0 unspecified atom stereocenters. The molecule has 2 heterocycles. The minimum Gasteiger partial charge on any atom is -0.0616 e. The van der Waals surface area contributed by atoms with E-state index in [1.165, 1.54) is 76.4 Å². The number of benzene rings is 6. The van der Waals surface area contributed by atoms with Crippen LogP contribution in [-0.2, 0) is 29.9 Å². The molecule has 2 aliphatic heterocycles. The number of ether oxygens (including phenoxy) is 3. The molecule has 0 atom stereocenters. The Morgan fingerprint density at radius 1 is 0.672 bits per heavy atom. The third kappa shape index (κ3) is 9.51. The zero-order chi connectivity index (χ0) is 46.7. The van der Waals surface area contributed by atoms with Crippen LogP contribution in [0.5, 0.6) is 5.75 Å². The Kier molecular flexibility index (Phi) is 13.4. The summed E-state index contributed by atoms with van der Waals surface area (Å²) < 4.78 is 23.0. The first kappa shape index (κ1) is 45.9. The number of hydrogen-bond donors (Lipinski definition) is 0. The van der Waals surface area contributed by atoms with Crippen molar-refractivity contribution in [1.29, 1.82) is 0 Å². The number of carbonyl (C=O) groups is 2. The minimum atomic E-state index is -0.387. The average molecular weight is 1000 g/mol. The summed E-state index contributed by atoms with van der Waals surface area (Å²) in [7, 11) is 0. The van der Waals surface area contributed by atoms with Gasteiger partial charge in [-0.1, -0.05) is 54.6 Å². The zero-order valence-electron chi connectivity index (χ0n) is 39.4. The number of fused-ring (bicyclic) bond motifs is 6. The molecule has 0 saturated carbocycles. The molecule has 0 radical (unpaired) electrons. The Morgan fingerprint density at radius 2 is 1.33 bits per heavy atom. The second-order valence-electron chi connectivity index (χ2n) is 18.6. The standard InChI is InChI=1S/C59H59IN2O5/c1-40(63)65-37-15-35-61-51-31-27-42-17-10-12-23-49(42)55(51)58(3,4)53(61)33-29-44-25-26-45(57(44)67-48-22-14-21-47(39-48)60-46-19-8-7-9-20-46)30-34-54-59(5,6)56-50-24-13-11-18-43(50)28-32-52(56)62(54)36-16-38-66-41(2)64/h7-14,17-24,27-34,39H,15-16,25-26,35-38H2,1-6H3. The number of nitrogens with zero attached hydrogens (tertiary/aromatic N) is 2. The Hall–Kier alpha value is -6.26. The maximum absolute atomic E-state index is 11.7. The Bertz CT molecular complexity index is 3050. The second kappa shape index (κ2) is 19.5. The first-order valence-electron chi connectivity index (χ1n) is 23.4. The van der Waals surface area contributed by atoms with Gasteiger partial charge in [0.25, 0.3) is 0 Å². The third-order valence-corrected chi connectivity index (χ3v) is 15.9. The quantitative estimate of drug-likeness (QED) is 0.0442. The van der Waals surface area contributed by atoms with Gasteiger partial charge in [-0.25, -0.2) is 0 Å². The molecule has 0 amide bonds. The van der Waals surface area contributed by atoms with Gasteiger partial charge in [-0.3, -0.25) is 9.59 Å².